The Morgan fingerprint density at radius 3 is 2.60 bits per heavy atom. The van der Waals surface area contributed by atoms with Gasteiger partial charge in [-0.1, -0.05) is 12.8 Å². The molecule has 88 valence electrons. The van der Waals surface area contributed by atoms with Gasteiger partial charge in [-0.2, -0.15) is 0 Å². The van der Waals surface area contributed by atoms with E-state index in [4.69, 9.17) is 10.5 Å². The Morgan fingerprint density at radius 2 is 2.20 bits per heavy atom. The van der Waals surface area contributed by atoms with Crippen LogP contribution in [0, 0.1) is 0 Å². The SMILES string of the molecule is COC(CN)C(=O)NC1(CO)CCCC1. The summed E-state index contributed by atoms with van der Waals surface area (Å²) in [6.07, 6.45) is 3.13. The molecule has 0 aliphatic heterocycles. The van der Waals surface area contributed by atoms with Crippen LogP contribution in [0.5, 0.6) is 0 Å². The Hall–Kier alpha value is -0.650. The molecule has 1 fully saturated rings. The largest absolute Gasteiger partial charge is 0.394 e. The normalized spacial score (nSPS) is 21.3. The molecule has 1 amide bonds. The van der Waals surface area contributed by atoms with Crippen molar-refractivity contribution in [3.8, 4) is 0 Å². The molecule has 4 N–H and O–H groups in total. The molecular weight excluding hydrogens is 196 g/mol. The summed E-state index contributed by atoms with van der Waals surface area (Å²) in [5, 5.41) is 12.2. The van der Waals surface area contributed by atoms with Crippen molar-refractivity contribution in [2.75, 3.05) is 20.3 Å². The van der Waals surface area contributed by atoms with E-state index in [2.05, 4.69) is 5.32 Å². The molecule has 1 rings (SSSR count). The van der Waals surface area contributed by atoms with E-state index in [1.54, 1.807) is 0 Å². The minimum atomic E-state index is -0.617. The van der Waals surface area contributed by atoms with E-state index >= 15 is 0 Å². The van der Waals surface area contributed by atoms with Crippen molar-refractivity contribution >= 4 is 5.91 Å². The number of methoxy groups -OCH3 is 1. The number of nitrogens with one attached hydrogen (secondary N) is 1. The van der Waals surface area contributed by atoms with Gasteiger partial charge >= 0.3 is 0 Å². The van der Waals surface area contributed by atoms with E-state index in [9.17, 15) is 9.90 Å². The number of hydrogen-bond acceptors (Lipinski definition) is 4. The van der Waals surface area contributed by atoms with Gasteiger partial charge < -0.3 is 20.9 Å². The smallest absolute Gasteiger partial charge is 0.250 e. The molecule has 0 spiro atoms. The lowest BCUT2D eigenvalue weighted by Crippen LogP contribution is -2.54. The molecule has 1 aliphatic carbocycles. The van der Waals surface area contributed by atoms with Gasteiger partial charge in [0.25, 0.3) is 5.91 Å². The molecule has 0 heterocycles. The van der Waals surface area contributed by atoms with Crippen LogP contribution in [0.4, 0.5) is 0 Å². The molecule has 0 aromatic rings. The third kappa shape index (κ3) is 2.90. The number of carbonyl (C=O) groups excluding carboxylic acids is 1. The Bertz CT molecular complexity index is 211. The van der Waals surface area contributed by atoms with Crippen molar-refractivity contribution in [3.63, 3.8) is 0 Å². The second-order valence-corrected chi connectivity index (χ2v) is 4.09. The van der Waals surface area contributed by atoms with Crippen LogP contribution in [0.15, 0.2) is 0 Å². The van der Waals surface area contributed by atoms with Gasteiger partial charge in [-0.25, -0.2) is 0 Å². The van der Waals surface area contributed by atoms with Crippen molar-refractivity contribution in [2.45, 2.75) is 37.3 Å². The first-order chi connectivity index (χ1) is 7.17. The summed E-state index contributed by atoms with van der Waals surface area (Å²) < 4.78 is 4.94. The van der Waals surface area contributed by atoms with Gasteiger partial charge in [-0.05, 0) is 12.8 Å². The first-order valence-electron chi connectivity index (χ1n) is 5.33. The zero-order chi connectivity index (χ0) is 11.3. The summed E-state index contributed by atoms with van der Waals surface area (Å²) in [4.78, 5) is 11.7. The molecule has 1 unspecified atom stereocenters. The van der Waals surface area contributed by atoms with Gasteiger partial charge in [-0.15, -0.1) is 0 Å². The van der Waals surface area contributed by atoms with Crippen LogP contribution in [0.2, 0.25) is 0 Å². The number of ether oxygens (including phenoxy) is 1. The molecule has 0 aromatic carbocycles. The van der Waals surface area contributed by atoms with Gasteiger partial charge in [0.1, 0.15) is 6.10 Å². The van der Waals surface area contributed by atoms with Gasteiger partial charge in [-0.3, -0.25) is 4.79 Å². The van der Waals surface area contributed by atoms with Crippen LogP contribution in [0.25, 0.3) is 0 Å². The minimum Gasteiger partial charge on any atom is -0.394 e. The maximum Gasteiger partial charge on any atom is 0.250 e. The molecule has 5 nitrogen and oxygen atoms in total. The van der Waals surface area contributed by atoms with Crippen LogP contribution in [-0.4, -0.2) is 42.9 Å². The van der Waals surface area contributed by atoms with Crippen molar-refractivity contribution in [2.24, 2.45) is 5.73 Å². The van der Waals surface area contributed by atoms with E-state index in [1.807, 2.05) is 0 Å². The first-order valence-corrected chi connectivity index (χ1v) is 5.33. The maximum atomic E-state index is 11.7. The summed E-state index contributed by atoms with van der Waals surface area (Å²) in [5.74, 6) is -0.226. The molecule has 1 atom stereocenters. The number of carbonyl (C=O) groups is 1. The van der Waals surface area contributed by atoms with Crippen LogP contribution in [0.1, 0.15) is 25.7 Å². The number of amides is 1. The zero-order valence-electron chi connectivity index (χ0n) is 9.16. The zero-order valence-corrected chi connectivity index (χ0v) is 9.16. The van der Waals surface area contributed by atoms with E-state index in [0.717, 1.165) is 25.7 Å². The number of aliphatic hydroxyl groups is 1. The Labute approximate surface area is 90.0 Å². The lowest BCUT2D eigenvalue weighted by atomic mass is 9.98. The minimum absolute atomic E-state index is 0.0141. The van der Waals surface area contributed by atoms with Crippen LogP contribution < -0.4 is 11.1 Å². The standard InChI is InChI=1S/C10H20N2O3/c1-15-8(6-11)9(14)12-10(7-13)4-2-3-5-10/h8,13H,2-7,11H2,1H3,(H,12,14). The van der Waals surface area contributed by atoms with Gasteiger partial charge in [0.05, 0.1) is 12.1 Å². The molecule has 0 radical (unpaired) electrons. The van der Waals surface area contributed by atoms with Crippen molar-refractivity contribution in [3.05, 3.63) is 0 Å². The summed E-state index contributed by atoms with van der Waals surface area (Å²) in [6, 6.07) is 0. The molecular formula is C10H20N2O3. The van der Waals surface area contributed by atoms with Crippen molar-refractivity contribution < 1.29 is 14.6 Å². The third-order valence-corrected chi connectivity index (χ3v) is 3.04. The highest BCUT2D eigenvalue weighted by Gasteiger charge is 2.36. The van der Waals surface area contributed by atoms with Gasteiger partial charge in [0.15, 0.2) is 0 Å². The fraction of sp³-hybridized carbons (Fsp3) is 0.900. The van der Waals surface area contributed by atoms with E-state index in [-0.39, 0.29) is 19.1 Å². The van der Waals surface area contributed by atoms with E-state index in [1.165, 1.54) is 7.11 Å². The topological polar surface area (TPSA) is 84.6 Å². The van der Waals surface area contributed by atoms with Gasteiger partial charge in [0.2, 0.25) is 0 Å². The average molecular weight is 216 g/mol. The Balaban J connectivity index is 2.54. The Kier molecular flexibility index (Phi) is 4.50. The predicted molar refractivity (Wildman–Crippen MR) is 56.3 cm³/mol. The summed E-state index contributed by atoms with van der Waals surface area (Å²) in [5.41, 5.74) is 4.95. The average Bonchev–Trinajstić information content (AvgIpc) is 2.69. The summed E-state index contributed by atoms with van der Waals surface area (Å²) in [6.45, 7) is 0.142. The van der Waals surface area contributed by atoms with Crippen LogP contribution >= 0.6 is 0 Å². The fourth-order valence-electron chi connectivity index (χ4n) is 2.03. The van der Waals surface area contributed by atoms with Crippen molar-refractivity contribution in [1.29, 1.82) is 0 Å². The number of nitrogens with two attached hydrogens (primary N) is 1. The van der Waals surface area contributed by atoms with E-state index in [0.29, 0.717) is 0 Å². The Morgan fingerprint density at radius 1 is 1.60 bits per heavy atom. The molecule has 15 heavy (non-hydrogen) atoms. The highest BCUT2D eigenvalue weighted by atomic mass is 16.5. The van der Waals surface area contributed by atoms with E-state index < -0.39 is 11.6 Å². The third-order valence-electron chi connectivity index (χ3n) is 3.04. The van der Waals surface area contributed by atoms with Crippen LogP contribution in [-0.2, 0) is 9.53 Å². The summed E-state index contributed by atoms with van der Waals surface area (Å²) in [7, 11) is 1.46. The second-order valence-electron chi connectivity index (χ2n) is 4.09. The first kappa shape index (κ1) is 12.4. The predicted octanol–water partition coefficient (Wildman–Crippen LogP) is -0.619. The number of aliphatic hydroxyl groups excluding tert-OH is 1. The quantitative estimate of drug-likeness (QED) is 0.572. The molecule has 0 aromatic heterocycles. The van der Waals surface area contributed by atoms with Crippen LogP contribution in [0.3, 0.4) is 0 Å². The molecule has 0 saturated heterocycles. The van der Waals surface area contributed by atoms with Gasteiger partial charge in [0, 0.05) is 13.7 Å². The summed E-state index contributed by atoms with van der Waals surface area (Å²) >= 11 is 0. The maximum absolute atomic E-state index is 11.7. The molecule has 1 saturated carbocycles. The number of rotatable bonds is 5. The number of hydrogen-bond donors (Lipinski definition) is 3. The second kappa shape index (κ2) is 5.44. The molecule has 5 heteroatoms. The lowest BCUT2D eigenvalue weighted by Gasteiger charge is -2.29. The molecule has 1 aliphatic rings. The highest BCUT2D eigenvalue weighted by Crippen LogP contribution is 2.29. The highest BCUT2D eigenvalue weighted by molar-refractivity contribution is 5.81. The fourth-order valence-corrected chi connectivity index (χ4v) is 2.03. The monoisotopic (exact) mass is 216 g/mol. The lowest BCUT2D eigenvalue weighted by molar-refractivity contribution is -0.133. The van der Waals surface area contributed by atoms with Crippen molar-refractivity contribution in [1.82, 2.24) is 5.32 Å². The molecule has 0 bridgehead atoms.